The van der Waals surface area contributed by atoms with Crippen LogP contribution in [0.5, 0.6) is 0 Å². The summed E-state index contributed by atoms with van der Waals surface area (Å²) in [6, 6.07) is 10.8. The smallest absolute Gasteiger partial charge is 0.318 e. The van der Waals surface area contributed by atoms with Gasteiger partial charge in [-0.3, -0.25) is 9.69 Å². The summed E-state index contributed by atoms with van der Waals surface area (Å²) in [5.74, 6) is -0.303. The van der Waals surface area contributed by atoms with Gasteiger partial charge in [0.1, 0.15) is 0 Å². The summed E-state index contributed by atoms with van der Waals surface area (Å²) < 4.78 is 0. The largest absolute Gasteiger partial charge is 0.480 e. The number of urea groups is 1. The molecule has 2 unspecified atom stereocenters. The van der Waals surface area contributed by atoms with E-state index in [0.717, 1.165) is 32.4 Å². The zero-order chi connectivity index (χ0) is 18.7. The van der Waals surface area contributed by atoms with Crippen LogP contribution in [0.4, 0.5) is 4.79 Å². The molecule has 142 valence electrons. The SMILES string of the molecule is CCN(CC(=O)O)C1CC(NC(=O)N2CC(C)CC2c2ccccc2)C1. The zero-order valence-electron chi connectivity index (χ0n) is 15.6. The van der Waals surface area contributed by atoms with E-state index < -0.39 is 5.97 Å². The lowest BCUT2D eigenvalue weighted by molar-refractivity contribution is -0.139. The number of hydrogen-bond acceptors (Lipinski definition) is 3. The molecule has 1 heterocycles. The van der Waals surface area contributed by atoms with Gasteiger partial charge in [-0.25, -0.2) is 4.79 Å². The van der Waals surface area contributed by atoms with Crippen molar-refractivity contribution >= 4 is 12.0 Å². The topological polar surface area (TPSA) is 72.9 Å². The molecule has 0 bridgehead atoms. The molecule has 6 nitrogen and oxygen atoms in total. The summed E-state index contributed by atoms with van der Waals surface area (Å²) in [5.41, 5.74) is 1.19. The Morgan fingerprint density at radius 1 is 1.23 bits per heavy atom. The molecule has 1 aromatic carbocycles. The Hall–Kier alpha value is -2.08. The zero-order valence-corrected chi connectivity index (χ0v) is 15.6. The van der Waals surface area contributed by atoms with Crippen molar-refractivity contribution in [2.24, 2.45) is 5.92 Å². The summed E-state index contributed by atoms with van der Waals surface area (Å²) >= 11 is 0. The van der Waals surface area contributed by atoms with Gasteiger partial charge in [0.25, 0.3) is 0 Å². The molecule has 1 aliphatic heterocycles. The van der Waals surface area contributed by atoms with Crippen LogP contribution >= 0.6 is 0 Å². The Bertz CT molecular complexity index is 630. The Kier molecular flexibility index (Phi) is 5.81. The fourth-order valence-corrected chi connectivity index (χ4v) is 4.20. The monoisotopic (exact) mass is 359 g/mol. The molecule has 1 aromatic rings. The van der Waals surface area contributed by atoms with Gasteiger partial charge in [-0.15, -0.1) is 0 Å². The van der Waals surface area contributed by atoms with Crippen LogP contribution in [0.15, 0.2) is 30.3 Å². The molecule has 6 heteroatoms. The predicted molar refractivity (Wildman–Crippen MR) is 99.9 cm³/mol. The summed E-state index contributed by atoms with van der Waals surface area (Å²) in [6.07, 6.45) is 2.64. The van der Waals surface area contributed by atoms with Crippen LogP contribution in [-0.4, -0.2) is 58.6 Å². The predicted octanol–water partition coefficient (Wildman–Crippen LogP) is 2.72. The highest BCUT2D eigenvalue weighted by atomic mass is 16.4. The minimum Gasteiger partial charge on any atom is -0.480 e. The van der Waals surface area contributed by atoms with Gasteiger partial charge in [0, 0.05) is 18.6 Å². The first-order valence-electron chi connectivity index (χ1n) is 9.55. The van der Waals surface area contributed by atoms with Crippen LogP contribution in [0.3, 0.4) is 0 Å². The minimum absolute atomic E-state index is 0.00735. The van der Waals surface area contributed by atoms with Crippen molar-refractivity contribution in [3.05, 3.63) is 35.9 Å². The molecule has 2 aliphatic rings. The number of carbonyl (C=O) groups is 2. The maximum atomic E-state index is 12.8. The number of hydrogen-bond donors (Lipinski definition) is 2. The lowest BCUT2D eigenvalue weighted by atomic mass is 9.85. The van der Waals surface area contributed by atoms with E-state index in [1.807, 2.05) is 34.9 Å². The van der Waals surface area contributed by atoms with Gasteiger partial charge in [-0.2, -0.15) is 0 Å². The maximum absolute atomic E-state index is 12.8. The van der Waals surface area contributed by atoms with E-state index in [9.17, 15) is 9.59 Å². The maximum Gasteiger partial charge on any atom is 0.318 e. The number of rotatable bonds is 6. The third kappa shape index (κ3) is 4.18. The van der Waals surface area contributed by atoms with E-state index in [1.165, 1.54) is 5.56 Å². The number of nitrogens with zero attached hydrogens (tertiary/aromatic N) is 2. The summed E-state index contributed by atoms with van der Waals surface area (Å²) in [5, 5.41) is 12.1. The average Bonchev–Trinajstić information content (AvgIpc) is 2.98. The molecular formula is C20H29N3O3. The second-order valence-corrected chi connectivity index (χ2v) is 7.65. The summed E-state index contributed by atoms with van der Waals surface area (Å²) in [6.45, 7) is 5.74. The Balaban J connectivity index is 1.54. The molecule has 2 amide bonds. The number of nitrogens with one attached hydrogen (secondary N) is 1. The second-order valence-electron chi connectivity index (χ2n) is 7.65. The second kappa shape index (κ2) is 8.08. The number of carboxylic acids is 1. The number of carbonyl (C=O) groups excluding carboxylic acids is 1. The lowest BCUT2D eigenvalue weighted by Gasteiger charge is -2.43. The van der Waals surface area contributed by atoms with Crippen LogP contribution in [0.2, 0.25) is 0 Å². The van der Waals surface area contributed by atoms with Gasteiger partial charge in [0.05, 0.1) is 12.6 Å². The number of amides is 2. The first-order chi connectivity index (χ1) is 12.5. The van der Waals surface area contributed by atoms with Gasteiger partial charge in [0.2, 0.25) is 0 Å². The average molecular weight is 359 g/mol. The van der Waals surface area contributed by atoms with Gasteiger partial charge >= 0.3 is 12.0 Å². The van der Waals surface area contributed by atoms with Gasteiger partial charge in [0.15, 0.2) is 0 Å². The van der Waals surface area contributed by atoms with Crippen LogP contribution in [-0.2, 0) is 4.79 Å². The molecule has 1 aliphatic carbocycles. The third-order valence-electron chi connectivity index (χ3n) is 5.66. The standard InChI is InChI=1S/C20H29N3O3/c1-3-22(13-19(24)25)17-10-16(11-17)21-20(26)23-12-14(2)9-18(23)15-7-5-4-6-8-15/h4-8,14,16-18H,3,9-13H2,1-2H3,(H,21,26)(H,24,25). The summed E-state index contributed by atoms with van der Waals surface area (Å²) in [4.78, 5) is 27.7. The fourth-order valence-electron chi connectivity index (χ4n) is 4.20. The number of benzene rings is 1. The molecule has 1 saturated heterocycles. The molecule has 26 heavy (non-hydrogen) atoms. The van der Waals surface area contributed by atoms with Crippen molar-refractivity contribution in [2.45, 2.75) is 51.2 Å². The normalized spacial score (nSPS) is 28.0. The van der Waals surface area contributed by atoms with E-state index in [2.05, 4.69) is 24.4 Å². The lowest BCUT2D eigenvalue weighted by Crippen LogP contribution is -2.56. The Labute approximate surface area is 155 Å². The van der Waals surface area contributed by atoms with Crippen molar-refractivity contribution in [1.82, 2.24) is 15.1 Å². The van der Waals surface area contributed by atoms with E-state index in [4.69, 9.17) is 5.11 Å². The number of likely N-dealkylation sites (N-methyl/N-ethyl adjacent to an activating group) is 1. The molecule has 2 N–H and O–H groups in total. The van der Waals surface area contributed by atoms with Gasteiger partial charge in [-0.1, -0.05) is 44.2 Å². The van der Waals surface area contributed by atoms with Crippen molar-refractivity contribution in [3.8, 4) is 0 Å². The van der Waals surface area contributed by atoms with E-state index in [0.29, 0.717) is 5.92 Å². The van der Waals surface area contributed by atoms with E-state index in [1.54, 1.807) is 0 Å². The molecule has 0 aromatic heterocycles. The molecule has 0 spiro atoms. The molecular weight excluding hydrogens is 330 g/mol. The van der Waals surface area contributed by atoms with Crippen LogP contribution in [0.25, 0.3) is 0 Å². The highest BCUT2D eigenvalue weighted by Gasteiger charge is 2.38. The molecule has 2 atom stereocenters. The van der Waals surface area contributed by atoms with Crippen LogP contribution in [0.1, 0.15) is 44.7 Å². The Morgan fingerprint density at radius 3 is 2.54 bits per heavy atom. The minimum atomic E-state index is -0.795. The molecule has 2 fully saturated rings. The van der Waals surface area contributed by atoms with Crippen molar-refractivity contribution in [3.63, 3.8) is 0 Å². The first kappa shape index (κ1) is 18.7. The van der Waals surface area contributed by atoms with Crippen molar-refractivity contribution < 1.29 is 14.7 Å². The number of likely N-dealkylation sites (tertiary alicyclic amines) is 1. The molecule has 1 saturated carbocycles. The first-order valence-corrected chi connectivity index (χ1v) is 9.55. The van der Waals surface area contributed by atoms with E-state index >= 15 is 0 Å². The number of carboxylic acid groups (broad SMARTS) is 1. The quantitative estimate of drug-likeness (QED) is 0.819. The van der Waals surface area contributed by atoms with Crippen molar-refractivity contribution in [2.75, 3.05) is 19.6 Å². The van der Waals surface area contributed by atoms with E-state index in [-0.39, 0.29) is 30.7 Å². The highest BCUT2D eigenvalue weighted by Crippen LogP contribution is 2.35. The van der Waals surface area contributed by atoms with Gasteiger partial charge in [-0.05, 0) is 37.3 Å². The van der Waals surface area contributed by atoms with Crippen LogP contribution in [0, 0.1) is 5.92 Å². The van der Waals surface area contributed by atoms with Gasteiger partial charge < -0.3 is 15.3 Å². The van der Waals surface area contributed by atoms with Crippen molar-refractivity contribution in [1.29, 1.82) is 0 Å². The molecule has 0 radical (unpaired) electrons. The number of aliphatic carboxylic acids is 1. The summed E-state index contributed by atoms with van der Waals surface area (Å²) in [7, 11) is 0. The third-order valence-corrected chi connectivity index (χ3v) is 5.66. The fraction of sp³-hybridized carbons (Fsp3) is 0.600. The van der Waals surface area contributed by atoms with Crippen LogP contribution < -0.4 is 5.32 Å². The highest BCUT2D eigenvalue weighted by molar-refractivity contribution is 5.75. The molecule has 3 rings (SSSR count). The Morgan fingerprint density at radius 2 is 1.92 bits per heavy atom.